The first kappa shape index (κ1) is 45.1. The lowest BCUT2D eigenvalue weighted by atomic mass is 10.0. The second-order valence-corrected chi connectivity index (χ2v) is 14.3. The van der Waals surface area contributed by atoms with Crippen LogP contribution in [-0.4, -0.2) is 43.3 Å². The van der Waals surface area contributed by atoms with Crippen LogP contribution in [0.2, 0.25) is 0 Å². The normalized spacial score (nSPS) is 13.7. The van der Waals surface area contributed by atoms with E-state index < -0.39 is 13.9 Å². The van der Waals surface area contributed by atoms with E-state index in [0.29, 0.717) is 6.42 Å². The minimum atomic E-state index is -4.25. The van der Waals surface area contributed by atoms with Crippen LogP contribution in [0.5, 0.6) is 0 Å². The molecule has 0 aromatic carbocycles. The summed E-state index contributed by atoms with van der Waals surface area (Å²) in [5, 5.41) is 0. The summed E-state index contributed by atoms with van der Waals surface area (Å²) in [5.41, 5.74) is 5.35. The largest absolute Gasteiger partial charge is 0.492 e. The third kappa shape index (κ3) is 34.4. The number of unbranched alkanes of at least 4 members (excludes halogenated alkanes) is 24. The number of hydrogen-bond donors (Lipinski definition) is 2. The summed E-state index contributed by atoms with van der Waals surface area (Å²) >= 11 is 0. The van der Waals surface area contributed by atoms with Crippen LogP contribution in [-0.2, 0) is 27.9 Å². The molecule has 0 aliphatic rings. The lowest BCUT2D eigenvalue weighted by Gasteiger charge is -2.19. The Labute approximate surface area is 283 Å². The van der Waals surface area contributed by atoms with Crippen LogP contribution in [0.1, 0.15) is 187 Å². The van der Waals surface area contributed by atoms with Crippen molar-refractivity contribution in [3.8, 4) is 0 Å². The standard InChI is InChI=1S/C37H74NO7P/c1-3-5-7-9-11-13-15-16-17-18-19-21-23-25-27-29-32-42-36(35-45-46(40,41)44-33-31-38)34-43-37(39)30-28-26-24-22-20-14-12-10-8-6-4-2/h29,32,36H,3-28,30-31,33-35,38H2,1-2H3,(H,40,41). The van der Waals surface area contributed by atoms with E-state index in [1.54, 1.807) is 6.26 Å². The molecule has 0 amide bonds. The fourth-order valence-corrected chi connectivity index (χ4v) is 6.16. The molecule has 0 aliphatic heterocycles. The molecular formula is C37H74NO7P. The average molecular weight is 676 g/mol. The van der Waals surface area contributed by atoms with Crippen molar-refractivity contribution in [2.24, 2.45) is 5.73 Å². The molecule has 8 nitrogen and oxygen atoms in total. The van der Waals surface area contributed by atoms with Crippen molar-refractivity contribution in [3.63, 3.8) is 0 Å². The molecule has 0 aliphatic carbocycles. The van der Waals surface area contributed by atoms with Crippen LogP contribution in [0.4, 0.5) is 0 Å². The fraction of sp³-hybridized carbons (Fsp3) is 0.919. The Kier molecular flexibility index (Phi) is 34.7. The van der Waals surface area contributed by atoms with Crippen LogP contribution in [0, 0.1) is 0 Å². The second-order valence-electron chi connectivity index (χ2n) is 12.9. The summed E-state index contributed by atoms with van der Waals surface area (Å²) < 4.78 is 33.1. The van der Waals surface area contributed by atoms with Crippen LogP contribution in [0.3, 0.4) is 0 Å². The van der Waals surface area contributed by atoms with Gasteiger partial charge in [-0.3, -0.25) is 13.8 Å². The maximum atomic E-state index is 12.3. The molecule has 0 aromatic rings. The third-order valence-corrected chi connectivity index (χ3v) is 9.29. The van der Waals surface area contributed by atoms with Gasteiger partial charge in [0.05, 0.1) is 19.5 Å². The van der Waals surface area contributed by atoms with E-state index in [1.165, 1.54) is 135 Å². The van der Waals surface area contributed by atoms with Gasteiger partial charge in [0, 0.05) is 13.0 Å². The van der Waals surface area contributed by atoms with Gasteiger partial charge in [0.2, 0.25) is 0 Å². The number of phosphoric acid groups is 1. The van der Waals surface area contributed by atoms with Crippen molar-refractivity contribution in [1.82, 2.24) is 0 Å². The number of allylic oxidation sites excluding steroid dienone is 1. The maximum absolute atomic E-state index is 12.3. The van der Waals surface area contributed by atoms with Crippen LogP contribution < -0.4 is 5.73 Å². The van der Waals surface area contributed by atoms with Crippen molar-refractivity contribution < 1.29 is 32.8 Å². The molecule has 9 heteroatoms. The van der Waals surface area contributed by atoms with Crippen LogP contribution >= 0.6 is 7.82 Å². The average Bonchev–Trinajstić information content (AvgIpc) is 3.05. The van der Waals surface area contributed by atoms with Gasteiger partial charge >= 0.3 is 13.8 Å². The van der Waals surface area contributed by atoms with Crippen LogP contribution in [0.15, 0.2) is 12.3 Å². The molecule has 0 fully saturated rings. The molecule has 3 N–H and O–H groups in total. The predicted octanol–water partition coefficient (Wildman–Crippen LogP) is 11.1. The molecule has 0 radical (unpaired) electrons. The van der Waals surface area contributed by atoms with E-state index in [9.17, 15) is 14.3 Å². The van der Waals surface area contributed by atoms with Crippen molar-refractivity contribution >= 4 is 13.8 Å². The molecule has 0 aromatic heterocycles. The zero-order chi connectivity index (χ0) is 33.8. The molecule has 274 valence electrons. The number of carbonyl (C=O) groups excluding carboxylic acids is 1. The topological polar surface area (TPSA) is 117 Å². The first-order valence-corrected chi connectivity index (χ1v) is 20.7. The van der Waals surface area contributed by atoms with E-state index in [1.807, 2.05) is 6.08 Å². The first-order valence-electron chi connectivity index (χ1n) is 19.2. The Hall–Kier alpha value is -0.920. The van der Waals surface area contributed by atoms with Gasteiger partial charge in [-0.2, -0.15) is 0 Å². The van der Waals surface area contributed by atoms with Gasteiger partial charge in [-0.05, 0) is 25.3 Å². The lowest BCUT2D eigenvalue weighted by Crippen LogP contribution is -2.25. The smallest absolute Gasteiger partial charge is 0.472 e. The Morgan fingerprint density at radius 3 is 1.54 bits per heavy atom. The highest BCUT2D eigenvalue weighted by Crippen LogP contribution is 2.43. The summed E-state index contributed by atoms with van der Waals surface area (Å²) in [7, 11) is -4.25. The molecular weight excluding hydrogens is 601 g/mol. The maximum Gasteiger partial charge on any atom is 0.472 e. The minimum absolute atomic E-state index is 0.0586. The SMILES string of the molecule is CCCCCCCCCCCCCCCCC=COC(COC(=O)CCCCCCCCCCCCC)COP(=O)(O)OCCN. The van der Waals surface area contributed by atoms with E-state index in [-0.39, 0.29) is 32.3 Å². The van der Waals surface area contributed by atoms with E-state index >= 15 is 0 Å². The van der Waals surface area contributed by atoms with Crippen molar-refractivity contribution in [2.75, 3.05) is 26.4 Å². The summed E-state index contributed by atoms with van der Waals surface area (Å²) in [6, 6.07) is 0. The summed E-state index contributed by atoms with van der Waals surface area (Å²) in [6.07, 6.45) is 36.1. The molecule has 0 bridgehead atoms. The van der Waals surface area contributed by atoms with Gasteiger partial charge in [0.25, 0.3) is 0 Å². The summed E-state index contributed by atoms with van der Waals surface area (Å²) in [5.74, 6) is -0.289. The zero-order valence-electron chi connectivity index (χ0n) is 30.1. The first-order chi connectivity index (χ1) is 22.4. The quantitative estimate of drug-likeness (QED) is 0.0289. The highest BCUT2D eigenvalue weighted by atomic mass is 31.2. The van der Waals surface area contributed by atoms with Crippen molar-refractivity contribution in [1.29, 1.82) is 0 Å². The van der Waals surface area contributed by atoms with Gasteiger partial charge in [0.1, 0.15) is 6.61 Å². The Balaban J connectivity index is 4.11. The molecule has 2 atom stereocenters. The van der Waals surface area contributed by atoms with E-state index in [2.05, 4.69) is 13.8 Å². The molecule has 46 heavy (non-hydrogen) atoms. The minimum Gasteiger partial charge on any atom is -0.492 e. The lowest BCUT2D eigenvalue weighted by molar-refractivity contribution is -0.147. The summed E-state index contributed by atoms with van der Waals surface area (Å²) in [6.45, 7) is 4.22. The molecule has 0 saturated heterocycles. The van der Waals surface area contributed by atoms with E-state index in [4.69, 9.17) is 24.3 Å². The molecule has 0 heterocycles. The van der Waals surface area contributed by atoms with Gasteiger partial charge < -0.3 is 20.1 Å². The van der Waals surface area contributed by atoms with E-state index in [0.717, 1.165) is 32.1 Å². The predicted molar refractivity (Wildman–Crippen MR) is 192 cm³/mol. The fourth-order valence-electron chi connectivity index (χ4n) is 5.39. The Bertz CT molecular complexity index is 722. The number of carbonyl (C=O) groups is 1. The number of esters is 1. The molecule has 2 unspecified atom stereocenters. The molecule has 0 saturated carbocycles. The Morgan fingerprint density at radius 2 is 1.09 bits per heavy atom. The van der Waals surface area contributed by atoms with Crippen molar-refractivity contribution in [2.45, 2.75) is 193 Å². The molecule has 0 spiro atoms. The zero-order valence-corrected chi connectivity index (χ0v) is 31.0. The number of hydrogen-bond acceptors (Lipinski definition) is 7. The molecule has 0 rings (SSSR count). The number of phosphoric ester groups is 1. The second kappa shape index (κ2) is 35.4. The van der Waals surface area contributed by atoms with Gasteiger partial charge in [-0.25, -0.2) is 4.57 Å². The van der Waals surface area contributed by atoms with Crippen LogP contribution in [0.25, 0.3) is 0 Å². The number of ether oxygens (including phenoxy) is 2. The summed E-state index contributed by atoms with van der Waals surface area (Å²) in [4.78, 5) is 22.1. The van der Waals surface area contributed by atoms with Crippen molar-refractivity contribution in [3.05, 3.63) is 12.3 Å². The number of rotatable bonds is 37. The number of nitrogens with two attached hydrogens (primary N) is 1. The third-order valence-electron chi connectivity index (χ3n) is 8.30. The Morgan fingerprint density at radius 1 is 0.652 bits per heavy atom. The van der Waals surface area contributed by atoms with Gasteiger partial charge in [0.15, 0.2) is 6.10 Å². The highest BCUT2D eigenvalue weighted by molar-refractivity contribution is 7.47. The monoisotopic (exact) mass is 676 g/mol. The highest BCUT2D eigenvalue weighted by Gasteiger charge is 2.24. The van der Waals surface area contributed by atoms with Gasteiger partial charge in [-0.1, -0.05) is 162 Å². The van der Waals surface area contributed by atoms with Gasteiger partial charge in [-0.15, -0.1) is 0 Å².